The molecule has 0 saturated heterocycles. The van der Waals surface area contributed by atoms with Crippen molar-refractivity contribution in [1.29, 1.82) is 0 Å². The van der Waals surface area contributed by atoms with Gasteiger partial charge >= 0.3 is 0 Å². The van der Waals surface area contributed by atoms with Gasteiger partial charge in [-0.1, -0.05) is 32.4 Å². The summed E-state index contributed by atoms with van der Waals surface area (Å²) in [6.45, 7) is 6.04. The molecule has 0 aliphatic heterocycles. The number of halogens is 1. The second-order valence-corrected chi connectivity index (χ2v) is 4.82. The van der Waals surface area contributed by atoms with E-state index in [0.717, 1.165) is 0 Å². The maximum absolute atomic E-state index is 11.8. The van der Waals surface area contributed by atoms with Crippen molar-refractivity contribution in [3.63, 3.8) is 0 Å². The first-order chi connectivity index (χ1) is 6.04. The summed E-state index contributed by atoms with van der Waals surface area (Å²) in [6, 6.07) is 1.77. The van der Waals surface area contributed by atoms with Crippen molar-refractivity contribution in [1.82, 2.24) is 0 Å². The fourth-order valence-electron chi connectivity index (χ4n) is 0.979. The van der Waals surface area contributed by atoms with Crippen LogP contribution in [0.15, 0.2) is 11.4 Å². The Morgan fingerprint density at radius 3 is 2.46 bits per heavy atom. The van der Waals surface area contributed by atoms with Crippen LogP contribution in [0.5, 0.6) is 0 Å². The molecule has 1 nitrogen and oxygen atoms in total. The Labute approximate surface area is 87.7 Å². The van der Waals surface area contributed by atoms with Gasteiger partial charge in [0.25, 0.3) is 0 Å². The molecule has 0 spiro atoms. The number of hydrogen-bond acceptors (Lipinski definition) is 2. The lowest BCUT2D eigenvalue weighted by Crippen LogP contribution is -2.16. The number of Topliss-reactive ketones (excluding diaryl/α,β-unsaturated/α-hetero) is 1. The van der Waals surface area contributed by atoms with E-state index in [4.69, 9.17) is 11.6 Å². The van der Waals surface area contributed by atoms with Crippen molar-refractivity contribution in [2.75, 3.05) is 0 Å². The van der Waals surface area contributed by atoms with E-state index in [0.29, 0.717) is 15.8 Å². The van der Waals surface area contributed by atoms with Gasteiger partial charge in [-0.25, -0.2) is 0 Å². The van der Waals surface area contributed by atoms with Gasteiger partial charge in [0.2, 0.25) is 0 Å². The molecule has 72 valence electrons. The maximum atomic E-state index is 11.8. The second-order valence-electron chi connectivity index (χ2n) is 3.49. The lowest BCUT2D eigenvalue weighted by atomic mass is 9.93. The molecular weight excluding hydrogens is 204 g/mol. The van der Waals surface area contributed by atoms with Gasteiger partial charge in [-0.15, -0.1) is 11.3 Å². The van der Waals surface area contributed by atoms with Gasteiger partial charge in [0.15, 0.2) is 5.78 Å². The van der Waals surface area contributed by atoms with Crippen molar-refractivity contribution < 1.29 is 4.79 Å². The van der Waals surface area contributed by atoms with Crippen molar-refractivity contribution in [2.45, 2.75) is 20.8 Å². The van der Waals surface area contributed by atoms with Crippen molar-refractivity contribution in [2.24, 2.45) is 11.8 Å². The Kier molecular flexibility index (Phi) is 3.51. The maximum Gasteiger partial charge on any atom is 0.177 e. The molecule has 3 heteroatoms. The SMILES string of the molecule is CC(C)C(C)C(=O)c1sccc1Cl. The fraction of sp³-hybridized carbons (Fsp3) is 0.500. The second kappa shape index (κ2) is 4.25. The van der Waals surface area contributed by atoms with Crippen LogP contribution in [-0.4, -0.2) is 5.78 Å². The molecule has 1 unspecified atom stereocenters. The van der Waals surface area contributed by atoms with Crippen LogP contribution in [0.2, 0.25) is 5.02 Å². The zero-order chi connectivity index (χ0) is 10.0. The summed E-state index contributed by atoms with van der Waals surface area (Å²) in [6.07, 6.45) is 0. The third-order valence-corrected chi connectivity index (χ3v) is 3.61. The smallest absolute Gasteiger partial charge is 0.177 e. The van der Waals surface area contributed by atoms with E-state index in [1.54, 1.807) is 6.07 Å². The molecule has 1 aromatic rings. The highest BCUT2D eigenvalue weighted by Gasteiger charge is 2.21. The van der Waals surface area contributed by atoms with Gasteiger partial charge < -0.3 is 0 Å². The van der Waals surface area contributed by atoms with E-state index in [-0.39, 0.29) is 11.7 Å². The topological polar surface area (TPSA) is 17.1 Å². The first kappa shape index (κ1) is 10.7. The number of rotatable bonds is 3. The van der Waals surface area contributed by atoms with Gasteiger partial charge in [-0.05, 0) is 17.4 Å². The minimum absolute atomic E-state index is 0.0520. The number of hydrogen-bond donors (Lipinski definition) is 0. The standard InChI is InChI=1S/C10H13ClOS/c1-6(2)7(3)9(12)10-8(11)4-5-13-10/h4-7H,1-3H3. The van der Waals surface area contributed by atoms with Gasteiger partial charge in [0.05, 0.1) is 9.90 Å². The molecule has 1 rings (SSSR count). The van der Waals surface area contributed by atoms with Crippen molar-refractivity contribution in [3.8, 4) is 0 Å². The first-order valence-corrected chi connectivity index (χ1v) is 5.57. The molecule has 0 saturated carbocycles. The van der Waals surface area contributed by atoms with Gasteiger partial charge in [0.1, 0.15) is 0 Å². The molecule has 13 heavy (non-hydrogen) atoms. The van der Waals surface area contributed by atoms with E-state index < -0.39 is 0 Å². The third-order valence-electron chi connectivity index (χ3n) is 2.25. The fourth-order valence-corrected chi connectivity index (χ4v) is 2.17. The zero-order valence-electron chi connectivity index (χ0n) is 8.00. The average Bonchev–Trinajstić information content (AvgIpc) is 2.48. The van der Waals surface area contributed by atoms with Crippen LogP contribution in [0, 0.1) is 11.8 Å². The highest BCUT2D eigenvalue weighted by molar-refractivity contribution is 7.12. The number of carbonyl (C=O) groups excluding carboxylic acids is 1. The van der Waals surface area contributed by atoms with E-state index in [1.165, 1.54) is 11.3 Å². The molecule has 0 amide bonds. The molecule has 1 heterocycles. The summed E-state index contributed by atoms with van der Waals surface area (Å²) in [5.41, 5.74) is 0. The van der Waals surface area contributed by atoms with E-state index >= 15 is 0 Å². The third kappa shape index (κ3) is 2.32. The molecule has 0 bridgehead atoms. The highest BCUT2D eigenvalue weighted by Crippen LogP contribution is 2.27. The predicted molar refractivity (Wildman–Crippen MR) is 57.7 cm³/mol. The quantitative estimate of drug-likeness (QED) is 0.701. The Morgan fingerprint density at radius 1 is 1.46 bits per heavy atom. The molecule has 0 aliphatic rings. The van der Waals surface area contributed by atoms with E-state index in [1.807, 2.05) is 26.2 Å². The van der Waals surface area contributed by atoms with Crippen molar-refractivity contribution >= 4 is 28.7 Å². The Bertz CT molecular complexity index is 304. The molecule has 0 aliphatic carbocycles. The number of ketones is 1. The first-order valence-electron chi connectivity index (χ1n) is 4.31. The van der Waals surface area contributed by atoms with Gasteiger partial charge in [0, 0.05) is 5.92 Å². The molecular formula is C10H13ClOS. The molecule has 1 aromatic heterocycles. The number of thiophene rings is 1. The van der Waals surface area contributed by atoms with Crippen molar-refractivity contribution in [3.05, 3.63) is 21.3 Å². The lowest BCUT2D eigenvalue weighted by Gasteiger charge is -2.12. The minimum atomic E-state index is 0.0520. The normalized spacial score (nSPS) is 13.3. The summed E-state index contributed by atoms with van der Waals surface area (Å²) >= 11 is 7.29. The minimum Gasteiger partial charge on any atom is -0.293 e. The molecule has 0 aromatic carbocycles. The van der Waals surface area contributed by atoms with Crippen LogP contribution >= 0.6 is 22.9 Å². The lowest BCUT2D eigenvalue weighted by molar-refractivity contribution is 0.0904. The van der Waals surface area contributed by atoms with Crippen LogP contribution in [0.4, 0.5) is 0 Å². The molecule has 0 radical (unpaired) electrons. The summed E-state index contributed by atoms with van der Waals surface area (Å²) in [5.74, 6) is 0.580. The Balaban J connectivity index is 2.86. The predicted octanol–water partition coefficient (Wildman–Crippen LogP) is 3.88. The summed E-state index contributed by atoms with van der Waals surface area (Å²) < 4.78 is 0. The van der Waals surface area contributed by atoms with Crippen LogP contribution in [0.25, 0.3) is 0 Å². The summed E-state index contributed by atoms with van der Waals surface area (Å²) in [7, 11) is 0. The molecule has 0 fully saturated rings. The van der Waals surface area contributed by atoms with Crippen LogP contribution in [-0.2, 0) is 0 Å². The zero-order valence-corrected chi connectivity index (χ0v) is 9.58. The van der Waals surface area contributed by atoms with E-state index in [9.17, 15) is 4.79 Å². The Morgan fingerprint density at radius 2 is 2.08 bits per heavy atom. The van der Waals surface area contributed by atoms with E-state index in [2.05, 4.69) is 0 Å². The van der Waals surface area contributed by atoms with Crippen LogP contribution < -0.4 is 0 Å². The van der Waals surface area contributed by atoms with Gasteiger partial charge in [-0.3, -0.25) is 4.79 Å². The van der Waals surface area contributed by atoms with Crippen LogP contribution in [0.1, 0.15) is 30.4 Å². The number of carbonyl (C=O) groups is 1. The highest BCUT2D eigenvalue weighted by atomic mass is 35.5. The molecule has 0 N–H and O–H groups in total. The summed E-state index contributed by atoms with van der Waals surface area (Å²) in [4.78, 5) is 12.5. The monoisotopic (exact) mass is 216 g/mol. The van der Waals surface area contributed by atoms with Gasteiger partial charge in [-0.2, -0.15) is 0 Å². The molecule has 1 atom stereocenters. The largest absolute Gasteiger partial charge is 0.293 e. The Hall–Kier alpha value is -0.340. The van der Waals surface area contributed by atoms with Crippen LogP contribution in [0.3, 0.4) is 0 Å². The average molecular weight is 217 g/mol. The summed E-state index contributed by atoms with van der Waals surface area (Å²) in [5, 5.41) is 2.44.